The van der Waals surface area contributed by atoms with Crippen molar-refractivity contribution in [2.75, 3.05) is 44.0 Å². The molecular weight excluding hydrogens is 511 g/mol. The van der Waals surface area contributed by atoms with Gasteiger partial charge in [-0.1, -0.05) is 6.07 Å². The van der Waals surface area contributed by atoms with Gasteiger partial charge in [-0.2, -0.15) is 0 Å². The van der Waals surface area contributed by atoms with Crippen LogP contribution in [0.25, 0.3) is 0 Å². The Labute approximate surface area is 195 Å². The lowest BCUT2D eigenvalue weighted by atomic mass is 10.1. The number of benzene rings is 2. The van der Waals surface area contributed by atoms with E-state index in [1.165, 1.54) is 7.11 Å². The number of carbonyl (C=O) groups is 2. The Bertz CT molecular complexity index is 903. The molecule has 166 valence electrons. The van der Waals surface area contributed by atoms with E-state index in [-0.39, 0.29) is 11.9 Å². The van der Waals surface area contributed by atoms with Crippen molar-refractivity contribution in [1.29, 1.82) is 0 Å². The molecular formula is C22H27IN4O4. The fourth-order valence-corrected chi connectivity index (χ4v) is 3.81. The molecule has 2 aromatic rings. The first-order chi connectivity index (χ1) is 15.0. The van der Waals surface area contributed by atoms with Gasteiger partial charge in [0.15, 0.2) is 0 Å². The quantitative estimate of drug-likeness (QED) is 0.305. The molecule has 1 aliphatic rings. The van der Waals surface area contributed by atoms with Crippen molar-refractivity contribution >= 4 is 45.9 Å². The van der Waals surface area contributed by atoms with Crippen LogP contribution in [-0.4, -0.2) is 51.4 Å². The Hall–Kier alpha value is -2.37. The van der Waals surface area contributed by atoms with Gasteiger partial charge < -0.3 is 30.7 Å². The summed E-state index contributed by atoms with van der Waals surface area (Å²) in [6, 6.07) is 12.4. The number of hydrogen-bond donors (Lipinski definition) is 4. The molecule has 8 nitrogen and oxygen atoms in total. The molecule has 3 rings (SSSR count). The van der Waals surface area contributed by atoms with Gasteiger partial charge in [-0.25, -0.2) is 4.79 Å². The second kappa shape index (κ2) is 11.9. The number of halogens is 1. The zero-order valence-corrected chi connectivity index (χ0v) is 19.5. The van der Waals surface area contributed by atoms with Crippen molar-refractivity contribution in [3.05, 3.63) is 51.6 Å². The number of methoxy groups -OCH3 is 1. The van der Waals surface area contributed by atoms with E-state index in [0.29, 0.717) is 41.9 Å². The highest BCUT2D eigenvalue weighted by Gasteiger charge is 2.15. The van der Waals surface area contributed by atoms with Crippen LogP contribution in [-0.2, 0) is 4.74 Å². The van der Waals surface area contributed by atoms with Gasteiger partial charge in [0.1, 0.15) is 5.75 Å². The van der Waals surface area contributed by atoms with Crippen molar-refractivity contribution in [2.24, 2.45) is 0 Å². The molecule has 0 bridgehead atoms. The minimum atomic E-state index is -0.374. The fraction of sp³-hybridized carbons (Fsp3) is 0.364. The first-order valence-electron chi connectivity index (χ1n) is 10.2. The van der Waals surface area contributed by atoms with Crippen molar-refractivity contribution in [1.82, 2.24) is 10.6 Å². The third kappa shape index (κ3) is 7.37. The van der Waals surface area contributed by atoms with Gasteiger partial charge in [0.25, 0.3) is 5.91 Å². The van der Waals surface area contributed by atoms with E-state index >= 15 is 0 Å². The Morgan fingerprint density at radius 2 is 2.00 bits per heavy atom. The van der Waals surface area contributed by atoms with Crippen molar-refractivity contribution in [3.63, 3.8) is 0 Å². The van der Waals surface area contributed by atoms with Gasteiger partial charge in [0.05, 0.1) is 25.9 Å². The Kier molecular flexibility index (Phi) is 8.92. The summed E-state index contributed by atoms with van der Waals surface area (Å²) in [6.45, 7) is 2.91. The third-order valence-electron chi connectivity index (χ3n) is 4.80. The number of nitrogens with one attached hydrogen (secondary N) is 4. The maximum absolute atomic E-state index is 12.6. The number of ether oxygens (including phenoxy) is 2. The molecule has 0 aromatic heterocycles. The predicted molar refractivity (Wildman–Crippen MR) is 129 cm³/mol. The summed E-state index contributed by atoms with van der Waals surface area (Å²) < 4.78 is 11.8. The molecule has 0 spiro atoms. The lowest BCUT2D eigenvalue weighted by Crippen LogP contribution is -2.41. The first-order valence-corrected chi connectivity index (χ1v) is 11.2. The second-order valence-corrected chi connectivity index (χ2v) is 8.37. The van der Waals surface area contributed by atoms with E-state index in [9.17, 15) is 9.59 Å². The topological polar surface area (TPSA) is 101 Å². The van der Waals surface area contributed by atoms with Crippen LogP contribution in [0.2, 0.25) is 0 Å². The van der Waals surface area contributed by atoms with E-state index in [1.54, 1.807) is 18.2 Å². The van der Waals surface area contributed by atoms with Crippen LogP contribution in [0.4, 0.5) is 16.2 Å². The smallest absolute Gasteiger partial charge is 0.323 e. The normalized spacial score (nSPS) is 15.7. The molecule has 0 aliphatic carbocycles. The Morgan fingerprint density at radius 1 is 1.19 bits per heavy atom. The van der Waals surface area contributed by atoms with Gasteiger partial charge in [-0.3, -0.25) is 4.79 Å². The minimum Gasteiger partial charge on any atom is -0.496 e. The number of morpholine rings is 1. The monoisotopic (exact) mass is 538 g/mol. The number of carbonyl (C=O) groups excluding carboxylic acids is 2. The predicted octanol–water partition coefficient (Wildman–Crippen LogP) is 3.44. The first kappa shape index (κ1) is 23.3. The number of amides is 3. The number of anilines is 2. The van der Waals surface area contributed by atoms with Crippen LogP contribution in [0.15, 0.2) is 42.5 Å². The van der Waals surface area contributed by atoms with Crippen LogP contribution in [0.5, 0.6) is 5.75 Å². The number of hydrogen-bond acceptors (Lipinski definition) is 5. The van der Waals surface area contributed by atoms with Crippen molar-refractivity contribution in [3.8, 4) is 5.75 Å². The third-order valence-corrected chi connectivity index (χ3v) is 5.47. The van der Waals surface area contributed by atoms with E-state index in [0.717, 1.165) is 29.6 Å². The molecule has 4 N–H and O–H groups in total. The summed E-state index contributed by atoms with van der Waals surface area (Å²) >= 11 is 2.18. The Balaban J connectivity index is 1.51. The van der Waals surface area contributed by atoms with Crippen molar-refractivity contribution < 1.29 is 19.1 Å². The molecule has 3 amide bonds. The number of urea groups is 1. The van der Waals surface area contributed by atoms with Gasteiger partial charge in [0.2, 0.25) is 0 Å². The van der Waals surface area contributed by atoms with Crippen LogP contribution in [0.3, 0.4) is 0 Å². The standard InChI is InChI=1S/C22H27IN4O4/c1-30-20-13-17(27-22(29)26-16-5-2-4-15(23)12-16)7-8-19(20)21(28)25-9-3-6-18-14-31-11-10-24-18/h2,4-5,7-8,12-13,18,24H,3,6,9-11,14H2,1H3,(H,25,28)(H2,26,27,29). The zero-order valence-electron chi connectivity index (χ0n) is 17.4. The minimum absolute atomic E-state index is 0.209. The molecule has 1 heterocycles. The van der Waals surface area contributed by atoms with Crippen LogP contribution < -0.4 is 26.0 Å². The van der Waals surface area contributed by atoms with Gasteiger partial charge in [-0.15, -0.1) is 0 Å². The van der Waals surface area contributed by atoms with Gasteiger partial charge in [-0.05, 0) is 65.8 Å². The lowest BCUT2D eigenvalue weighted by Gasteiger charge is -2.23. The molecule has 1 aliphatic heterocycles. The summed E-state index contributed by atoms with van der Waals surface area (Å²) in [5, 5.41) is 11.9. The number of rotatable bonds is 8. The highest BCUT2D eigenvalue weighted by molar-refractivity contribution is 14.1. The second-order valence-electron chi connectivity index (χ2n) is 7.13. The fourth-order valence-electron chi connectivity index (χ4n) is 3.27. The summed E-state index contributed by atoms with van der Waals surface area (Å²) in [7, 11) is 1.50. The molecule has 1 saturated heterocycles. The van der Waals surface area contributed by atoms with E-state index in [1.807, 2.05) is 24.3 Å². The summed E-state index contributed by atoms with van der Waals surface area (Å²) in [5.74, 6) is 0.187. The molecule has 9 heteroatoms. The Morgan fingerprint density at radius 3 is 2.71 bits per heavy atom. The average molecular weight is 538 g/mol. The molecule has 1 fully saturated rings. The van der Waals surface area contributed by atoms with E-state index in [2.05, 4.69) is 43.9 Å². The van der Waals surface area contributed by atoms with Crippen LogP contribution >= 0.6 is 22.6 Å². The van der Waals surface area contributed by atoms with Gasteiger partial charge in [0, 0.05) is 40.1 Å². The maximum Gasteiger partial charge on any atom is 0.323 e. The van der Waals surface area contributed by atoms with Gasteiger partial charge >= 0.3 is 6.03 Å². The van der Waals surface area contributed by atoms with E-state index in [4.69, 9.17) is 9.47 Å². The molecule has 1 unspecified atom stereocenters. The zero-order chi connectivity index (χ0) is 22.1. The highest BCUT2D eigenvalue weighted by Crippen LogP contribution is 2.23. The van der Waals surface area contributed by atoms with Crippen LogP contribution in [0, 0.1) is 3.57 Å². The highest BCUT2D eigenvalue weighted by atomic mass is 127. The maximum atomic E-state index is 12.6. The summed E-state index contributed by atoms with van der Waals surface area (Å²) in [6.07, 6.45) is 1.79. The molecule has 0 radical (unpaired) electrons. The average Bonchev–Trinajstić information content (AvgIpc) is 2.77. The molecule has 1 atom stereocenters. The summed E-state index contributed by atoms with van der Waals surface area (Å²) in [4.78, 5) is 24.8. The van der Waals surface area contributed by atoms with E-state index < -0.39 is 0 Å². The summed E-state index contributed by atoms with van der Waals surface area (Å²) in [5.41, 5.74) is 1.65. The lowest BCUT2D eigenvalue weighted by molar-refractivity contribution is 0.0734. The molecule has 31 heavy (non-hydrogen) atoms. The molecule has 0 saturated carbocycles. The van der Waals surface area contributed by atoms with Crippen molar-refractivity contribution in [2.45, 2.75) is 18.9 Å². The van der Waals surface area contributed by atoms with Crippen LogP contribution in [0.1, 0.15) is 23.2 Å². The SMILES string of the molecule is COc1cc(NC(=O)Nc2cccc(I)c2)ccc1C(=O)NCCCC1COCCN1. The largest absolute Gasteiger partial charge is 0.496 e. The molecule has 2 aromatic carbocycles.